The Morgan fingerprint density at radius 1 is 0.933 bits per heavy atom. The Morgan fingerprint density at radius 3 is 2.23 bits per heavy atom. The highest BCUT2D eigenvalue weighted by atomic mass is 16.5. The van der Waals surface area contributed by atoms with Gasteiger partial charge >= 0.3 is 0 Å². The standard InChI is InChI=1S/C25H29N3O2/c1-18-14-20(28-25(26)15-18)17-30-24-9-5-3-7-22(24)21-6-2-4-8-23(21)29-16-19-10-12-27-13-11-19/h2-9,14-15,19,27H,10-13,16-17H2,1H3,(H2,26,28). The van der Waals surface area contributed by atoms with E-state index in [1.165, 1.54) is 0 Å². The largest absolute Gasteiger partial charge is 0.493 e. The van der Waals surface area contributed by atoms with Crippen LogP contribution in [0.5, 0.6) is 11.5 Å². The maximum Gasteiger partial charge on any atom is 0.130 e. The minimum absolute atomic E-state index is 0.362. The van der Waals surface area contributed by atoms with Crippen molar-refractivity contribution in [2.24, 2.45) is 5.92 Å². The number of hydrogen-bond donors (Lipinski definition) is 2. The van der Waals surface area contributed by atoms with Gasteiger partial charge in [-0.2, -0.15) is 0 Å². The summed E-state index contributed by atoms with van der Waals surface area (Å²) in [5, 5.41) is 3.41. The highest BCUT2D eigenvalue weighted by molar-refractivity contribution is 5.75. The van der Waals surface area contributed by atoms with Crippen molar-refractivity contribution in [3.05, 3.63) is 71.9 Å². The predicted octanol–water partition coefficient (Wildman–Crippen LogP) is 4.60. The van der Waals surface area contributed by atoms with Gasteiger partial charge in [0.25, 0.3) is 0 Å². The fourth-order valence-corrected chi connectivity index (χ4v) is 3.88. The molecule has 2 heterocycles. The van der Waals surface area contributed by atoms with Crippen LogP contribution in [0, 0.1) is 12.8 Å². The first-order valence-corrected chi connectivity index (χ1v) is 10.6. The van der Waals surface area contributed by atoms with Crippen LogP contribution in [0.2, 0.25) is 0 Å². The Morgan fingerprint density at radius 2 is 1.57 bits per heavy atom. The number of piperidine rings is 1. The lowest BCUT2D eigenvalue weighted by molar-refractivity contribution is 0.216. The lowest BCUT2D eigenvalue weighted by Crippen LogP contribution is -2.30. The summed E-state index contributed by atoms with van der Waals surface area (Å²) in [7, 11) is 0. The van der Waals surface area contributed by atoms with Crippen molar-refractivity contribution in [1.82, 2.24) is 10.3 Å². The summed E-state index contributed by atoms with van der Waals surface area (Å²) >= 11 is 0. The van der Waals surface area contributed by atoms with Gasteiger partial charge in [-0.1, -0.05) is 36.4 Å². The Labute approximate surface area is 178 Å². The smallest absolute Gasteiger partial charge is 0.130 e. The van der Waals surface area contributed by atoms with Crippen molar-refractivity contribution < 1.29 is 9.47 Å². The van der Waals surface area contributed by atoms with Gasteiger partial charge < -0.3 is 20.5 Å². The summed E-state index contributed by atoms with van der Waals surface area (Å²) in [6, 6.07) is 20.1. The molecule has 5 nitrogen and oxygen atoms in total. The molecular formula is C25H29N3O2. The molecule has 4 rings (SSSR count). The minimum atomic E-state index is 0.362. The Bertz CT molecular complexity index is 963. The van der Waals surface area contributed by atoms with Gasteiger partial charge in [0.05, 0.1) is 12.3 Å². The average Bonchev–Trinajstić information content (AvgIpc) is 2.77. The number of aryl methyl sites for hydroxylation is 1. The number of nitrogens with zero attached hydrogens (tertiary/aromatic N) is 1. The summed E-state index contributed by atoms with van der Waals surface area (Å²) in [5.74, 6) is 2.81. The molecule has 0 spiro atoms. The van der Waals surface area contributed by atoms with Gasteiger partial charge in [-0.25, -0.2) is 4.98 Å². The molecule has 0 aliphatic carbocycles. The maximum atomic E-state index is 6.27. The zero-order chi connectivity index (χ0) is 20.8. The predicted molar refractivity (Wildman–Crippen MR) is 121 cm³/mol. The summed E-state index contributed by atoms with van der Waals surface area (Å²) in [6.07, 6.45) is 2.32. The molecule has 5 heteroatoms. The van der Waals surface area contributed by atoms with E-state index in [4.69, 9.17) is 15.2 Å². The number of pyridine rings is 1. The third-order valence-electron chi connectivity index (χ3n) is 5.42. The number of ether oxygens (including phenoxy) is 2. The summed E-state index contributed by atoms with van der Waals surface area (Å²) < 4.78 is 12.4. The van der Waals surface area contributed by atoms with Gasteiger partial charge in [0, 0.05) is 11.1 Å². The van der Waals surface area contributed by atoms with Crippen molar-refractivity contribution in [3.63, 3.8) is 0 Å². The molecule has 0 amide bonds. The molecule has 0 radical (unpaired) electrons. The fraction of sp³-hybridized carbons (Fsp3) is 0.320. The van der Waals surface area contributed by atoms with Gasteiger partial charge in [0.1, 0.15) is 23.9 Å². The van der Waals surface area contributed by atoms with Gasteiger partial charge in [0.2, 0.25) is 0 Å². The topological polar surface area (TPSA) is 69.4 Å². The third kappa shape index (κ3) is 5.10. The number of nitrogens with two attached hydrogens (primary N) is 1. The quantitative estimate of drug-likeness (QED) is 0.603. The van der Waals surface area contributed by atoms with E-state index in [1.807, 2.05) is 55.5 Å². The van der Waals surface area contributed by atoms with Crippen LogP contribution in [-0.2, 0) is 6.61 Å². The van der Waals surface area contributed by atoms with E-state index in [1.54, 1.807) is 0 Å². The molecule has 1 aromatic heterocycles. The van der Waals surface area contributed by atoms with Gasteiger partial charge in [-0.05, 0) is 68.6 Å². The van der Waals surface area contributed by atoms with Crippen LogP contribution in [0.4, 0.5) is 5.82 Å². The molecular weight excluding hydrogens is 374 g/mol. The summed E-state index contributed by atoms with van der Waals surface area (Å²) in [6.45, 7) is 5.26. The van der Waals surface area contributed by atoms with Crippen LogP contribution in [0.3, 0.4) is 0 Å². The molecule has 30 heavy (non-hydrogen) atoms. The first-order valence-electron chi connectivity index (χ1n) is 10.6. The molecule has 0 unspecified atom stereocenters. The Balaban J connectivity index is 1.53. The number of nitrogen functional groups attached to an aromatic ring is 1. The summed E-state index contributed by atoms with van der Waals surface area (Å²) in [4.78, 5) is 4.37. The SMILES string of the molecule is Cc1cc(N)nc(COc2ccccc2-c2ccccc2OCC2CCNCC2)c1. The Hall–Kier alpha value is -3.05. The van der Waals surface area contributed by atoms with E-state index in [-0.39, 0.29) is 0 Å². The number of benzene rings is 2. The van der Waals surface area contributed by atoms with E-state index in [0.717, 1.165) is 66.4 Å². The van der Waals surface area contributed by atoms with E-state index in [9.17, 15) is 0 Å². The van der Waals surface area contributed by atoms with E-state index in [2.05, 4.69) is 22.4 Å². The van der Waals surface area contributed by atoms with Crippen molar-refractivity contribution >= 4 is 5.82 Å². The van der Waals surface area contributed by atoms with Crippen LogP contribution in [-0.4, -0.2) is 24.7 Å². The van der Waals surface area contributed by atoms with Crippen molar-refractivity contribution in [3.8, 4) is 22.6 Å². The van der Waals surface area contributed by atoms with Gasteiger partial charge in [-0.15, -0.1) is 0 Å². The lowest BCUT2D eigenvalue weighted by atomic mass is 9.99. The number of para-hydroxylation sites is 2. The molecule has 1 aliphatic heterocycles. The monoisotopic (exact) mass is 403 g/mol. The molecule has 1 aliphatic rings. The minimum Gasteiger partial charge on any atom is -0.493 e. The number of nitrogens with one attached hydrogen (secondary N) is 1. The highest BCUT2D eigenvalue weighted by Crippen LogP contribution is 2.37. The first kappa shape index (κ1) is 20.2. The van der Waals surface area contributed by atoms with E-state index >= 15 is 0 Å². The average molecular weight is 404 g/mol. The molecule has 3 aromatic rings. The molecule has 3 N–H and O–H groups in total. The van der Waals surface area contributed by atoms with Crippen LogP contribution >= 0.6 is 0 Å². The zero-order valence-corrected chi connectivity index (χ0v) is 17.4. The molecule has 0 saturated carbocycles. The van der Waals surface area contributed by atoms with Crippen LogP contribution in [0.1, 0.15) is 24.1 Å². The fourth-order valence-electron chi connectivity index (χ4n) is 3.88. The molecule has 1 fully saturated rings. The maximum absolute atomic E-state index is 6.27. The second-order valence-electron chi connectivity index (χ2n) is 7.85. The first-order chi connectivity index (χ1) is 14.7. The highest BCUT2D eigenvalue weighted by Gasteiger charge is 2.16. The van der Waals surface area contributed by atoms with Crippen LogP contribution in [0.15, 0.2) is 60.7 Å². The second kappa shape index (κ2) is 9.63. The second-order valence-corrected chi connectivity index (χ2v) is 7.85. The third-order valence-corrected chi connectivity index (χ3v) is 5.42. The van der Waals surface area contributed by atoms with E-state index < -0.39 is 0 Å². The normalized spacial score (nSPS) is 14.4. The number of anilines is 1. The molecule has 0 bridgehead atoms. The Kier molecular flexibility index (Phi) is 6.50. The van der Waals surface area contributed by atoms with E-state index in [0.29, 0.717) is 18.3 Å². The molecule has 0 atom stereocenters. The van der Waals surface area contributed by atoms with Crippen LogP contribution < -0.4 is 20.5 Å². The summed E-state index contributed by atoms with van der Waals surface area (Å²) in [5.41, 5.74) is 9.82. The number of aromatic nitrogens is 1. The van der Waals surface area contributed by atoms with Crippen molar-refractivity contribution in [2.45, 2.75) is 26.4 Å². The number of rotatable bonds is 7. The molecule has 2 aromatic carbocycles. The van der Waals surface area contributed by atoms with Gasteiger partial charge in [0.15, 0.2) is 0 Å². The lowest BCUT2D eigenvalue weighted by Gasteiger charge is -2.23. The molecule has 156 valence electrons. The van der Waals surface area contributed by atoms with Gasteiger partial charge in [-0.3, -0.25) is 0 Å². The van der Waals surface area contributed by atoms with Crippen molar-refractivity contribution in [2.75, 3.05) is 25.4 Å². The van der Waals surface area contributed by atoms with Crippen molar-refractivity contribution in [1.29, 1.82) is 0 Å². The zero-order valence-electron chi connectivity index (χ0n) is 17.4. The molecule has 1 saturated heterocycles. The number of hydrogen-bond acceptors (Lipinski definition) is 5. The van der Waals surface area contributed by atoms with Crippen LogP contribution in [0.25, 0.3) is 11.1 Å².